The van der Waals surface area contributed by atoms with E-state index < -0.39 is 17.4 Å². The number of nitrogens with zero attached hydrogens (tertiary/aromatic N) is 2. The zero-order valence-corrected chi connectivity index (χ0v) is 15.1. The summed E-state index contributed by atoms with van der Waals surface area (Å²) in [6.07, 6.45) is -0.369. The number of phenols is 1. The fraction of sp³-hybridized carbons (Fsp3) is 0.550. The Morgan fingerprint density at radius 2 is 2.20 bits per heavy atom. The van der Waals surface area contributed by atoms with Crippen molar-refractivity contribution in [3.05, 3.63) is 35.7 Å². The number of hydrogen-bond donors (Lipinski definition) is 1. The molecule has 0 spiro atoms. The van der Waals surface area contributed by atoms with Gasteiger partial charge >= 0.3 is 0 Å². The number of rotatable bonds is 5. The summed E-state index contributed by atoms with van der Waals surface area (Å²) in [7, 11) is 0. The van der Waals surface area contributed by atoms with Gasteiger partial charge in [-0.05, 0) is 43.5 Å². The minimum atomic E-state index is -1.13. The number of allylic oxidation sites excluding steroid dienone is 1. The largest absolute Gasteiger partial charge is 0.507 e. The van der Waals surface area contributed by atoms with E-state index >= 15 is 0 Å². The molecule has 1 N–H and O–H groups in total. The number of halogens is 2. The maximum Gasteiger partial charge on any atom is 0.128 e. The standard InChI is InChI=1S/C20H26F2N2O/c1-13(2)16-10-17(21)15(9-18(16)25)11-24-8-6-20(5-7-23,14(3)4)19(22)12-24/h9-10,14,19,25H,1,5-6,8,11-12H2,2-4H3. The van der Waals surface area contributed by atoms with Gasteiger partial charge in [-0.25, -0.2) is 8.78 Å². The molecule has 0 amide bonds. The summed E-state index contributed by atoms with van der Waals surface area (Å²) in [5, 5.41) is 19.1. The molecule has 0 aromatic heterocycles. The number of alkyl halides is 1. The van der Waals surface area contributed by atoms with Gasteiger partial charge in [0.25, 0.3) is 0 Å². The second-order valence-corrected chi connectivity index (χ2v) is 7.42. The van der Waals surface area contributed by atoms with Gasteiger partial charge in [0.15, 0.2) is 0 Å². The molecule has 3 nitrogen and oxygen atoms in total. The Hall–Kier alpha value is -1.93. The maximum atomic E-state index is 14.9. The fourth-order valence-corrected chi connectivity index (χ4v) is 3.68. The Balaban J connectivity index is 2.15. The first kappa shape index (κ1) is 19.4. The third kappa shape index (κ3) is 3.85. The van der Waals surface area contributed by atoms with Crippen molar-refractivity contribution < 1.29 is 13.9 Å². The third-order valence-electron chi connectivity index (χ3n) is 5.51. The highest BCUT2D eigenvalue weighted by atomic mass is 19.1. The molecule has 1 aromatic rings. The van der Waals surface area contributed by atoms with Crippen LogP contribution in [0.4, 0.5) is 8.78 Å². The molecule has 0 saturated carbocycles. The number of nitriles is 1. The van der Waals surface area contributed by atoms with E-state index in [1.165, 1.54) is 12.1 Å². The SMILES string of the molecule is C=C(C)c1cc(F)c(CN2CCC(CC#N)(C(C)C)C(F)C2)cc1O. The maximum absolute atomic E-state index is 14.9. The lowest BCUT2D eigenvalue weighted by Crippen LogP contribution is -2.51. The van der Waals surface area contributed by atoms with Crippen LogP contribution in [0.3, 0.4) is 0 Å². The normalized spacial score (nSPS) is 24.3. The molecular weight excluding hydrogens is 322 g/mol. The summed E-state index contributed by atoms with van der Waals surface area (Å²) in [6.45, 7) is 10.3. The van der Waals surface area contributed by atoms with Crippen molar-refractivity contribution in [1.29, 1.82) is 5.26 Å². The van der Waals surface area contributed by atoms with Crippen molar-refractivity contribution in [2.24, 2.45) is 11.3 Å². The molecule has 1 heterocycles. The number of aromatic hydroxyl groups is 1. The van der Waals surface area contributed by atoms with E-state index in [1.54, 1.807) is 6.92 Å². The van der Waals surface area contributed by atoms with Crippen LogP contribution >= 0.6 is 0 Å². The quantitative estimate of drug-likeness (QED) is 0.841. The van der Waals surface area contributed by atoms with Gasteiger partial charge in [0.1, 0.15) is 17.7 Å². The summed E-state index contributed by atoms with van der Waals surface area (Å²) in [5.74, 6) is -0.373. The molecule has 0 bridgehead atoms. The molecule has 1 saturated heterocycles. The number of likely N-dealkylation sites (tertiary alicyclic amines) is 1. The highest BCUT2D eigenvalue weighted by molar-refractivity contribution is 5.67. The minimum Gasteiger partial charge on any atom is -0.507 e. The second kappa shape index (κ2) is 7.53. The lowest BCUT2D eigenvalue weighted by Gasteiger charge is -2.46. The Morgan fingerprint density at radius 1 is 1.52 bits per heavy atom. The van der Waals surface area contributed by atoms with Gasteiger partial charge in [0.2, 0.25) is 0 Å². The third-order valence-corrected chi connectivity index (χ3v) is 5.51. The molecule has 0 aliphatic carbocycles. The Morgan fingerprint density at radius 3 is 2.72 bits per heavy atom. The zero-order chi connectivity index (χ0) is 18.8. The van der Waals surface area contributed by atoms with E-state index in [4.69, 9.17) is 5.26 Å². The van der Waals surface area contributed by atoms with Crippen LogP contribution in [0.25, 0.3) is 5.57 Å². The van der Waals surface area contributed by atoms with E-state index in [0.29, 0.717) is 29.7 Å². The van der Waals surface area contributed by atoms with Crippen molar-refractivity contribution in [3.8, 4) is 11.8 Å². The molecule has 0 radical (unpaired) electrons. The minimum absolute atomic E-state index is 0.0151. The lowest BCUT2D eigenvalue weighted by atomic mass is 9.67. The predicted molar refractivity (Wildman–Crippen MR) is 95.1 cm³/mol. The molecule has 2 rings (SSSR count). The van der Waals surface area contributed by atoms with Gasteiger partial charge in [-0.3, -0.25) is 4.90 Å². The fourth-order valence-electron chi connectivity index (χ4n) is 3.68. The highest BCUT2D eigenvalue weighted by Gasteiger charge is 2.45. The van der Waals surface area contributed by atoms with Gasteiger partial charge in [0, 0.05) is 36.1 Å². The Bertz CT molecular complexity index is 696. The first-order chi connectivity index (χ1) is 11.7. The molecule has 2 unspecified atom stereocenters. The van der Waals surface area contributed by atoms with Crippen LogP contribution < -0.4 is 0 Å². The van der Waals surface area contributed by atoms with Crippen LogP contribution in [-0.4, -0.2) is 29.3 Å². The van der Waals surface area contributed by atoms with Gasteiger partial charge in [-0.15, -0.1) is 0 Å². The first-order valence-electron chi connectivity index (χ1n) is 8.62. The summed E-state index contributed by atoms with van der Waals surface area (Å²) >= 11 is 0. The van der Waals surface area contributed by atoms with Crippen molar-refractivity contribution in [2.45, 2.75) is 46.3 Å². The highest BCUT2D eigenvalue weighted by Crippen LogP contribution is 2.44. The predicted octanol–water partition coefficient (Wildman–Crippen LogP) is 4.66. The number of benzene rings is 1. The molecule has 1 aromatic carbocycles. The molecule has 1 aliphatic rings. The molecule has 136 valence electrons. The smallest absolute Gasteiger partial charge is 0.128 e. The number of phenolic OH excluding ortho intramolecular Hbond substituents is 1. The molecule has 2 atom stereocenters. The average molecular weight is 348 g/mol. The average Bonchev–Trinajstić information content (AvgIpc) is 2.52. The molecule has 1 aliphatic heterocycles. The Kier molecular flexibility index (Phi) is 5.84. The summed E-state index contributed by atoms with van der Waals surface area (Å²) in [4.78, 5) is 1.85. The van der Waals surface area contributed by atoms with Crippen LogP contribution in [0.5, 0.6) is 5.75 Å². The van der Waals surface area contributed by atoms with Gasteiger partial charge < -0.3 is 5.11 Å². The van der Waals surface area contributed by atoms with Crippen LogP contribution in [0, 0.1) is 28.5 Å². The zero-order valence-electron chi connectivity index (χ0n) is 15.1. The van der Waals surface area contributed by atoms with Crippen molar-refractivity contribution in [2.75, 3.05) is 13.1 Å². The van der Waals surface area contributed by atoms with E-state index in [-0.39, 0.29) is 31.2 Å². The molecular formula is C20H26F2N2O. The summed E-state index contributed by atoms with van der Waals surface area (Å²) < 4.78 is 29.2. The lowest BCUT2D eigenvalue weighted by molar-refractivity contribution is -0.0255. The molecule has 1 fully saturated rings. The molecule has 5 heteroatoms. The monoisotopic (exact) mass is 348 g/mol. The van der Waals surface area contributed by atoms with E-state index in [9.17, 15) is 13.9 Å². The first-order valence-corrected chi connectivity index (χ1v) is 8.62. The van der Waals surface area contributed by atoms with Crippen LogP contribution in [-0.2, 0) is 6.54 Å². The van der Waals surface area contributed by atoms with E-state index in [1.807, 2.05) is 18.7 Å². The van der Waals surface area contributed by atoms with Crippen molar-refractivity contribution >= 4 is 5.57 Å². The topological polar surface area (TPSA) is 47.3 Å². The summed E-state index contributed by atoms with van der Waals surface area (Å²) in [6, 6.07) is 4.80. The molecule has 25 heavy (non-hydrogen) atoms. The van der Waals surface area contributed by atoms with Crippen LogP contribution in [0.15, 0.2) is 18.7 Å². The summed E-state index contributed by atoms with van der Waals surface area (Å²) in [5.41, 5.74) is 0.682. The van der Waals surface area contributed by atoms with Gasteiger partial charge in [-0.1, -0.05) is 20.4 Å². The van der Waals surface area contributed by atoms with E-state index in [2.05, 4.69) is 12.6 Å². The second-order valence-electron chi connectivity index (χ2n) is 7.42. The number of piperidine rings is 1. The van der Waals surface area contributed by atoms with Crippen molar-refractivity contribution in [1.82, 2.24) is 4.90 Å². The van der Waals surface area contributed by atoms with Crippen LogP contribution in [0.1, 0.15) is 44.7 Å². The van der Waals surface area contributed by atoms with Crippen molar-refractivity contribution in [3.63, 3.8) is 0 Å². The van der Waals surface area contributed by atoms with Gasteiger partial charge in [0.05, 0.1) is 6.07 Å². The Labute approximate surface area is 148 Å². The van der Waals surface area contributed by atoms with Crippen LogP contribution in [0.2, 0.25) is 0 Å². The van der Waals surface area contributed by atoms with E-state index in [0.717, 1.165) is 0 Å². The van der Waals surface area contributed by atoms with Gasteiger partial charge in [-0.2, -0.15) is 5.26 Å². The number of hydrogen-bond acceptors (Lipinski definition) is 3.